The van der Waals surface area contributed by atoms with E-state index in [-0.39, 0.29) is 23.7 Å². The average Bonchev–Trinajstić information content (AvgIpc) is 2.88. The number of hydrogen-bond donors (Lipinski definition) is 0. The largest absolute Gasteiger partial charge is 0.393 e. The molecular formula is C20H28O6. The van der Waals surface area contributed by atoms with Crippen LogP contribution in [0.15, 0.2) is 11.6 Å². The van der Waals surface area contributed by atoms with Gasteiger partial charge in [0, 0.05) is 0 Å². The second kappa shape index (κ2) is 7.33. The molecule has 2 atom stereocenters. The van der Waals surface area contributed by atoms with Crippen LogP contribution in [0, 0.1) is 22.7 Å². The van der Waals surface area contributed by atoms with Crippen molar-refractivity contribution < 1.29 is 28.7 Å². The second-order valence-corrected chi connectivity index (χ2v) is 9.41. The van der Waals surface area contributed by atoms with E-state index >= 15 is 0 Å². The molecule has 0 aliphatic carbocycles. The van der Waals surface area contributed by atoms with E-state index in [9.17, 15) is 19.2 Å². The fourth-order valence-corrected chi connectivity index (χ4v) is 4.21. The lowest BCUT2D eigenvalue weighted by molar-refractivity contribution is -0.154. The van der Waals surface area contributed by atoms with Gasteiger partial charge in [0.25, 0.3) is 0 Å². The summed E-state index contributed by atoms with van der Waals surface area (Å²) in [5, 5.41) is 0. The van der Waals surface area contributed by atoms with Crippen molar-refractivity contribution in [2.24, 2.45) is 22.7 Å². The van der Waals surface area contributed by atoms with Gasteiger partial charge in [-0.25, -0.2) is 0 Å². The van der Waals surface area contributed by atoms with Gasteiger partial charge in [0.2, 0.25) is 0 Å². The first-order chi connectivity index (χ1) is 11.8. The lowest BCUT2D eigenvalue weighted by atomic mass is 9.72. The van der Waals surface area contributed by atoms with Crippen LogP contribution in [0.4, 0.5) is 0 Å². The van der Waals surface area contributed by atoms with Crippen LogP contribution in [0.2, 0.25) is 0 Å². The van der Waals surface area contributed by atoms with E-state index in [0.29, 0.717) is 12.8 Å². The van der Waals surface area contributed by atoms with Gasteiger partial charge in [-0.3, -0.25) is 19.2 Å². The minimum Gasteiger partial charge on any atom is -0.393 e. The zero-order chi connectivity index (χ0) is 19.7. The molecule has 144 valence electrons. The third-order valence-electron chi connectivity index (χ3n) is 4.52. The summed E-state index contributed by atoms with van der Waals surface area (Å²) >= 11 is 0. The topological polar surface area (TPSA) is 86.7 Å². The molecule has 2 rings (SSSR count). The van der Waals surface area contributed by atoms with Gasteiger partial charge < -0.3 is 9.47 Å². The lowest BCUT2D eigenvalue weighted by Gasteiger charge is -2.33. The summed E-state index contributed by atoms with van der Waals surface area (Å²) in [6, 6.07) is 0. The fourth-order valence-electron chi connectivity index (χ4n) is 4.21. The van der Waals surface area contributed by atoms with Crippen LogP contribution in [-0.4, -0.2) is 23.9 Å². The van der Waals surface area contributed by atoms with E-state index in [4.69, 9.17) is 0 Å². The molecule has 0 aromatic rings. The zero-order valence-electron chi connectivity index (χ0n) is 16.2. The predicted molar refractivity (Wildman–Crippen MR) is 93.6 cm³/mol. The molecule has 26 heavy (non-hydrogen) atoms. The van der Waals surface area contributed by atoms with Crippen LogP contribution >= 0.6 is 0 Å². The summed E-state index contributed by atoms with van der Waals surface area (Å²) in [7, 11) is 0. The molecule has 2 saturated heterocycles. The van der Waals surface area contributed by atoms with Crippen molar-refractivity contribution in [3.05, 3.63) is 11.6 Å². The van der Waals surface area contributed by atoms with Crippen molar-refractivity contribution in [3.63, 3.8) is 0 Å². The number of ether oxygens (including phenoxy) is 2. The molecule has 0 radical (unpaired) electrons. The number of carbonyl (C=O) groups is 4. The van der Waals surface area contributed by atoms with Crippen molar-refractivity contribution >= 4 is 23.9 Å². The van der Waals surface area contributed by atoms with E-state index in [1.807, 2.05) is 0 Å². The van der Waals surface area contributed by atoms with E-state index in [0.717, 1.165) is 12.0 Å². The highest BCUT2D eigenvalue weighted by Crippen LogP contribution is 2.40. The molecule has 2 fully saturated rings. The molecule has 6 nitrogen and oxygen atoms in total. The van der Waals surface area contributed by atoms with Crippen molar-refractivity contribution in [2.45, 2.75) is 66.7 Å². The number of carbonyl (C=O) groups excluding carboxylic acids is 4. The van der Waals surface area contributed by atoms with E-state index in [1.54, 1.807) is 6.08 Å². The minimum absolute atomic E-state index is 0.0239. The summed E-state index contributed by atoms with van der Waals surface area (Å²) in [6.45, 7) is 10.8. The number of hydrogen-bond acceptors (Lipinski definition) is 6. The Hall–Kier alpha value is -1.98. The van der Waals surface area contributed by atoms with Gasteiger partial charge in [-0.05, 0) is 30.1 Å². The molecular weight excluding hydrogens is 336 g/mol. The van der Waals surface area contributed by atoms with Gasteiger partial charge in [-0.1, -0.05) is 46.3 Å². The standard InChI is InChI=1S/C20H28O6/c1-19(2,3)11-20(4,5)10-12(6-13-8-15(21)25-17(13)23)7-14-9-16(22)26-18(14)24/h6,13-14H,7-11H2,1-5H3/b12-6+. The van der Waals surface area contributed by atoms with E-state index in [2.05, 4.69) is 44.1 Å². The van der Waals surface area contributed by atoms with Gasteiger partial charge in [-0.2, -0.15) is 0 Å². The van der Waals surface area contributed by atoms with Crippen LogP contribution in [-0.2, 0) is 28.7 Å². The maximum absolute atomic E-state index is 11.9. The summed E-state index contributed by atoms with van der Waals surface area (Å²) in [5.74, 6) is -3.24. The zero-order valence-corrected chi connectivity index (χ0v) is 16.2. The normalized spacial score (nSPS) is 24.9. The molecule has 0 saturated carbocycles. The molecule has 0 bridgehead atoms. The molecule has 0 aromatic heterocycles. The van der Waals surface area contributed by atoms with Crippen LogP contribution in [0.25, 0.3) is 0 Å². The summed E-state index contributed by atoms with van der Waals surface area (Å²) in [5.41, 5.74) is 0.954. The smallest absolute Gasteiger partial charge is 0.321 e. The highest BCUT2D eigenvalue weighted by Gasteiger charge is 2.37. The van der Waals surface area contributed by atoms with Crippen molar-refractivity contribution in [3.8, 4) is 0 Å². The van der Waals surface area contributed by atoms with Gasteiger partial charge >= 0.3 is 23.9 Å². The third kappa shape index (κ3) is 5.78. The monoisotopic (exact) mass is 364 g/mol. The first-order valence-corrected chi connectivity index (χ1v) is 9.03. The molecule has 2 aliphatic rings. The second-order valence-electron chi connectivity index (χ2n) is 9.41. The lowest BCUT2D eigenvalue weighted by Crippen LogP contribution is -2.22. The molecule has 0 N–H and O–H groups in total. The Balaban J connectivity index is 2.20. The predicted octanol–water partition coefficient (Wildman–Crippen LogP) is 3.33. The summed E-state index contributed by atoms with van der Waals surface area (Å²) < 4.78 is 9.27. The van der Waals surface area contributed by atoms with Crippen LogP contribution in [0.1, 0.15) is 66.7 Å². The first kappa shape index (κ1) is 20.3. The number of cyclic esters (lactones) is 4. The number of allylic oxidation sites excluding steroid dienone is 1. The molecule has 0 aromatic carbocycles. The maximum atomic E-state index is 11.9. The van der Waals surface area contributed by atoms with Gasteiger partial charge in [-0.15, -0.1) is 0 Å². The van der Waals surface area contributed by atoms with Gasteiger partial charge in [0.05, 0.1) is 24.7 Å². The Kier molecular flexibility index (Phi) is 5.73. The Morgan fingerprint density at radius 3 is 2.00 bits per heavy atom. The maximum Gasteiger partial charge on any atom is 0.321 e. The SMILES string of the molecule is CC(C)(C)CC(C)(C)C/C(=C/C1CC(=O)OC1=O)CC1CC(=O)OC1=O. The van der Waals surface area contributed by atoms with Gasteiger partial charge in [0.1, 0.15) is 0 Å². The Morgan fingerprint density at radius 2 is 1.54 bits per heavy atom. The van der Waals surface area contributed by atoms with E-state index in [1.165, 1.54) is 0 Å². The van der Waals surface area contributed by atoms with Crippen molar-refractivity contribution in [2.75, 3.05) is 0 Å². The minimum atomic E-state index is -0.615. The number of rotatable bonds is 6. The highest BCUT2D eigenvalue weighted by atomic mass is 16.6. The van der Waals surface area contributed by atoms with Crippen LogP contribution in [0.3, 0.4) is 0 Å². The van der Waals surface area contributed by atoms with E-state index < -0.39 is 35.7 Å². The fraction of sp³-hybridized carbons (Fsp3) is 0.700. The Morgan fingerprint density at radius 1 is 0.962 bits per heavy atom. The molecule has 2 heterocycles. The van der Waals surface area contributed by atoms with Gasteiger partial charge in [0.15, 0.2) is 0 Å². The number of esters is 4. The summed E-state index contributed by atoms with van der Waals surface area (Å²) in [4.78, 5) is 46.4. The third-order valence-corrected chi connectivity index (χ3v) is 4.52. The molecule has 2 unspecified atom stereocenters. The first-order valence-electron chi connectivity index (χ1n) is 9.03. The highest BCUT2D eigenvalue weighted by molar-refractivity contribution is 5.96. The van der Waals surface area contributed by atoms with Crippen LogP contribution in [0.5, 0.6) is 0 Å². The Labute approximate surface area is 154 Å². The average molecular weight is 364 g/mol. The van der Waals surface area contributed by atoms with Crippen LogP contribution < -0.4 is 0 Å². The molecule has 2 aliphatic heterocycles. The quantitative estimate of drug-likeness (QED) is 0.408. The summed E-state index contributed by atoms with van der Waals surface area (Å²) in [6.07, 6.45) is 3.81. The van der Waals surface area contributed by atoms with Crippen molar-refractivity contribution in [1.82, 2.24) is 0 Å². The molecule has 6 heteroatoms. The molecule has 0 amide bonds. The van der Waals surface area contributed by atoms with Crippen molar-refractivity contribution in [1.29, 1.82) is 0 Å². The Bertz CT molecular complexity index is 650. The molecule has 0 spiro atoms.